The van der Waals surface area contributed by atoms with Crippen LogP contribution in [-0.2, 0) is 23.8 Å². The summed E-state index contributed by atoms with van der Waals surface area (Å²) >= 11 is 0. The summed E-state index contributed by atoms with van der Waals surface area (Å²) in [5.41, 5.74) is 2.46. The van der Waals surface area contributed by atoms with Crippen molar-refractivity contribution in [1.29, 1.82) is 0 Å². The quantitative estimate of drug-likeness (QED) is 0.0689. The van der Waals surface area contributed by atoms with Crippen LogP contribution in [-0.4, -0.2) is 115 Å². The molecule has 57 heavy (non-hydrogen) atoms. The van der Waals surface area contributed by atoms with Gasteiger partial charge in [-0.1, -0.05) is 30.1 Å². The molecule has 2 saturated carbocycles. The van der Waals surface area contributed by atoms with E-state index in [9.17, 15) is 24.9 Å². The van der Waals surface area contributed by atoms with Gasteiger partial charge in [-0.3, -0.25) is 4.79 Å². The van der Waals surface area contributed by atoms with Crippen molar-refractivity contribution in [3.05, 3.63) is 48.1 Å². The van der Waals surface area contributed by atoms with E-state index in [-0.39, 0.29) is 82.2 Å². The van der Waals surface area contributed by atoms with E-state index in [2.05, 4.69) is 18.0 Å². The van der Waals surface area contributed by atoms with Crippen LogP contribution in [0.15, 0.2) is 47.7 Å². The fourth-order valence-corrected chi connectivity index (χ4v) is 9.23. The van der Waals surface area contributed by atoms with Crippen LogP contribution in [0.3, 0.4) is 0 Å². The van der Waals surface area contributed by atoms with E-state index in [0.29, 0.717) is 49.6 Å². The number of unbranched alkanes of at least 4 members (excludes halogenated alkanes) is 2. The molecule has 6 rings (SSSR count). The first kappa shape index (κ1) is 43.1. The van der Waals surface area contributed by atoms with Crippen LogP contribution in [0.1, 0.15) is 95.5 Å². The number of amides is 2. The van der Waals surface area contributed by atoms with Gasteiger partial charge in [0.05, 0.1) is 44.7 Å². The van der Waals surface area contributed by atoms with Gasteiger partial charge in [0.15, 0.2) is 0 Å². The molecule has 4 N–H and O–H groups in total. The Hall–Kier alpha value is -3.53. The summed E-state index contributed by atoms with van der Waals surface area (Å²) in [6.45, 7) is 7.60. The Morgan fingerprint density at radius 2 is 1.86 bits per heavy atom. The molecule has 0 radical (unpaired) electrons. The monoisotopic (exact) mass is 797 g/mol. The number of ether oxygens (including phenoxy) is 5. The number of hydrogen-bond acceptors (Lipinski definition) is 12. The number of carbonyl (C=O) groups is 2. The lowest BCUT2D eigenvalue weighted by atomic mass is 9.55. The summed E-state index contributed by atoms with van der Waals surface area (Å²) < 4.78 is 31.8. The van der Waals surface area contributed by atoms with Crippen LogP contribution in [0.4, 0.5) is 4.79 Å². The number of benzene rings is 1. The SMILES string of the molecule is C=CCO[C@@]12Oc3ccc(OC(=O)NCC)cc3[C@H]3[C@H](CCCCO)[C@@H](CCCCO)C=C(C(=NOC4CCCCO4)C[C@@H]1N(CCOCCO)C(=O)C1CC1)[C@H]32. The van der Waals surface area contributed by atoms with Crippen LogP contribution in [0.25, 0.3) is 0 Å². The normalized spacial score (nSPS) is 28.4. The maximum atomic E-state index is 14.5. The molecule has 2 heterocycles. The van der Waals surface area contributed by atoms with Gasteiger partial charge in [0.1, 0.15) is 17.5 Å². The predicted octanol–water partition coefficient (Wildman–Crippen LogP) is 5.20. The summed E-state index contributed by atoms with van der Waals surface area (Å²) in [5, 5.41) is 36.8. The van der Waals surface area contributed by atoms with Crippen LogP contribution >= 0.6 is 0 Å². The van der Waals surface area contributed by atoms with Crippen molar-refractivity contribution >= 4 is 17.7 Å². The fraction of sp³-hybridized carbons (Fsp3) is 0.698. The van der Waals surface area contributed by atoms with Crippen LogP contribution in [0.2, 0.25) is 0 Å². The standard InChI is InChI=1S/C43H63N3O11/c1-3-22-54-43-37(46(18-24-52-25-21-49)41(50)29-14-15-29)28-35(45-57-38-13-7-10-23-53-38)33-26-30(11-5-8-19-47)32(12-6-9-20-48)39(40(33)43)34-27-31(16-17-36(34)56-43)55-42(51)44-4-2/h3,16-17,26-27,29-30,32,37-40,47-49H,1,4-15,18-25,28H2,2H3,(H,44,51)/t30-,32+,37-,38?,39+,40+,43+/m0/s1. The molecule has 3 aliphatic carbocycles. The molecule has 14 nitrogen and oxygen atoms in total. The topological polar surface area (TPSA) is 178 Å². The van der Waals surface area contributed by atoms with Crippen LogP contribution in [0, 0.1) is 23.7 Å². The van der Waals surface area contributed by atoms with E-state index in [1.807, 2.05) is 24.0 Å². The molecule has 316 valence electrons. The third-order valence-electron chi connectivity index (χ3n) is 11.9. The summed E-state index contributed by atoms with van der Waals surface area (Å²) in [5.74, 6) is -1.31. The summed E-state index contributed by atoms with van der Waals surface area (Å²) in [7, 11) is 0. The average molecular weight is 798 g/mol. The van der Waals surface area contributed by atoms with Gasteiger partial charge < -0.3 is 54.1 Å². The molecule has 1 aromatic rings. The Balaban J connectivity index is 1.56. The number of oxime groups is 1. The highest BCUT2D eigenvalue weighted by Gasteiger charge is 2.66. The molecule has 0 aromatic heterocycles. The summed E-state index contributed by atoms with van der Waals surface area (Å²) in [6.07, 6.45) is 11.9. The number of nitrogens with one attached hydrogen (secondary N) is 1. The second-order valence-corrected chi connectivity index (χ2v) is 15.7. The zero-order valence-corrected chi connectivity index (χ0v) is 33.5. The Labute approximate surface area is 336 Å². The Morgan fingerprint density at radius 3 is 2.56 bits per heavy atom. The summed E-state index contributed by atoms with van der Waals surface area (Å²) in [6, 6.07) is 4.76. The minimum Gasteiger partial charge on any atom is -0.459 e. The van der Waals surface area contributed by atoms with E-state index in [0.717, 1.165) is 62.5 Å². The van der Waals surface area contributed by atoms with Gasteiger partial charge in [-0.2, -0.15) is 0 Å². The van der Waals surface area contributed by atoms with Crippen LogP contribution < -0.4 is 14.8 Å². The number of allylic oxidation sites excluding steroid dienone is 1. The molecule has 0 bridgehead atoms. The maximum absolute atomic E-state index is 14.5. The number of hydrogen-bond donors (Lipinski definition) is 4. The van der Waals surface area contributed by atoms with Gasteiger partial charge in [0.2, 0.25) is 18.0 Å². The lowest BCUT2D eigenvalue weighted by molar-refractivity contribution is -0.258. The highest BCUT2D eigenvalue weighted by atomic mass is 16.8. The molecule has 1 saturated heterocycles. The van der Waals surface area contributed by atoms with Crippen molar-refractivity contribution in [3.63, 3.8) is 0 Å². The zero-order chi connectivity index (χ0) is 40.2. The van der Waals surface area contributed by atoms with E-state index in [1.165, 1.54) is 0 Å². The second kappa shape index (κ2) is 20.9. The third kappa shape index (κ3) is 10.2. The van der Waals surface area contributed by atoms with Crippen molar-refractivity contribution in [1.82, 2.24) is 10.2 Å². The largest absolute Gasteiger partial charge is 0.459 e. The molecule has 3 fully saturated rings. The zero-order valence-electron chi connectivity index (χ0n) is 33.5. The Kier molecular flexibility index (Phi) is 15.8. The van der Waals surface area contributed by atoms with Gasteiger partial charge in [-0.15, -0.1) is 6.58 Å². The van der Waals surface area contributed by atoms with E-state index >= 15 is 0 Å². The van der Waals surface area contributed by atoms with Crippen molar-refractivity contribution in [3.8, 4) is 11.5 Å². The molecule has 7 atom stereocenters. The highest BCUT2D eigenvalue weighted by molar-refractivity contribution is 6.03. The molecule has 2 amide bonds. The first-order valence-corrected chi connectivity index (χ1v) is 21.2. The van der Waals surface area contributed by atoms with Gasteiger partial charge in [-0.25, -0.2) is 4.79 Å². The molecule has 1 unspecified atom stereocenters. The number of rotatable bonds is 22. The van der Waals surface area contributed by atoms with E-state index < -0.39 is 30.1 Å². The van der Waals surface area contributed by atoms with Crippen molar-refractivity contribution in [2.75, 3.05) is 59.3 Å². The van der Waals surface area contributed by atoms with E-state index in [4.69, 9.17) is 33.7 Å². The highest BCUT2D eigenvalue weighted by Crippen LogP contribution is 2.62. The minimum absolute atomic E-state index is 0.00805. The fourth-order valence-electron chi connectivity index (χ4n) is 9.23. The molecule has 0 spiro atoms. The van der Waals surface area contributed by atoms with Crippen molar-refractivity contribution < 1.29 is 53.4 Å². The van der Waals surface area contributed by atoms with Gasteiger partial charge in [0, 0.05) is 56.5 Å². The number of carbonyl (C=O) groups excluding carboxylic acids is 2. The second-order valence-electron chi connectivity index (χ2n) is 15.7. The van der Waals surface area contributed by atoms with Crippen molar-refractivity contribution in [2.24, 2.45) is 28.8 Å². The number of fused-ring (bicyclic) bond motifs is 2. The number of aliphatic hydroxyl groups excluding tert-OH is 3. The average Bonchev–Trinajstić information content (AvgIpc) is 4.07. The lowest BCUT2D eigenvalue weighted by Gasteiger charge is -2.60. The number of aliphatic hydroxyl groups is 3. The molecular weight excluding hydrogens is 734 g/mol. The van der Waals surface area contributed by atoms with Gasteiger partial charge >= 0.3 is 6.09 Å². The Bertz CT molecular complexity index is 1560. The van der Waals surface area contributed by atoms with Crippen LogP contribution in [0.5, 0.6) is 11.5 Å². The summed E-state index contributed by atoms with van der Waals surface area (Å²) in [4.78, 5) is 35.2. The third-order valence-corrected chi connectivity index (χ3v) is 11.9. The molecule has 14 heteroatoms. The first-order valence-electron chi connectivity index (χ1n) is 21.2. The Morgan fingerprint density at radius 1 is 1.05 bits per heavy atom. The minimum atomic E-state index is -1.41. The first-order chi connectivity index (χ1) is 27.9. The maximum Gasteiger partial charge on any atom is 0.412 e. The molecule has 1 aromatic carbocycles. The predicted molar refractivity (Wildman–Crippen MR) is 212 cm³/mol. The smallest absolute Gasteiger partial charge is 0.412 e. The molecule has 5 aliphatic rings. The molecule has 2 aliphatic heterocycles. The lowest BCUT2D eigenvalue weighted by Crippen LogP contribution is -2.70. The number of nitrogens with zero attached hydrogens (tertiary/aromatic N) is 2. The van der Waals surface area contributed by atoms with Gasteiger partial charge in [0.25, 0.3) is 0 Å². The molecular formula is C43H63N3O11. The van der Waals surface area contributed by atoms with Crippen molar-refractivity contribution in [2.45, 2.75) is 108 Å². The van der Waals surface area contributed by atoms with Gasteiger partial charge in [-0.05, 0) is 93.9 Å². The van der Waals surface area contributed by atoms with E-state index in [1.54, 1.807) is 12.1 Å².